The van der Waals surface area contributed by atoms with Crippen molar-refractivity contribution in [3.05, 3.63) is 40.7 Å². The molecule has 0 aliphatic carbocycles. The maximum absolute atomic E-state index is 12.0. The van der Waals surface area contributed by atoms with Gasteiger partial charge in [0.1, 0.15) is 6.54 Å². The van der Waals surface area contributed by atoms with Crippen molar-refractivity contribution in [1.82, 2.24) is 15.1 Å². The number of amides is 3. The van der Waals surface area contributed by atoms with E-state index in [0.717, 1.165) is 4.90 Å². The minimum atomic E-state index is -0.462. The maximum atomic E-state index is 12.0. The van der Waals surface area contributed by atoms with Crippen LogP contribution in [0, 0.1) is 0 Å². The number of nitrogens with zero attached hydrogens (tertiary/aromatic N) is 3. The molecule has 1 N–H and O–H groups in total. The fraction of sp³-hybridized carbons (Fsp3) is 0.214. The summed E-state index contributed by atoms with van der Waals surface area (Å²) in [7, 11) is 0. The summed E-state index contributed by atoms with van der Waals surface area (Å²) in [6, 6.07) is 6.24. The van der Waals surface area contributed by atoms with Crippen molar-refractivity contribution in [1.29, 1.82) is 0 Å². The van der Waals surface area contributed by atoms with Crippen molar-refractivity contribution >= 4 is 35.3 Å². The van der Waals surface area contributed by atoms with Gasteiger partial charge in [-0.1, -0.05) is 22.8 Å². The van der Waals surface area contributed by atoms with Crippen LogP contribution in [0.25, 0.3) is 0 Å². The number of anilines is 1. The van der Waals surface area contributed by atoms with Crippen molar-refractivity contribution in [2.45, 2.75) is 19.4 Å². The van der Waals surface area contributed by atoms with Gasteiger partial charge in [-0.3, -0.25) is 24.6 Å². The van der Waals surface area contributed by atoms with Crippen LogP contribution in [0.1, 0.15) is 29.1 Å². The van der Waals surface area contributed by atoms with E-state index >= 15 is 0 Å². The molecular formula is C14H11ClN4O4. The van der Waals surface area contributed by atoms with Crippen molar-refractivity contribution in [2.24, 2.45) is 0 Å². The Morgan fingerprint density at radius 2 is 2.00 bits per heavy atom. The van der Waals surface area contributed by atoms with Crippen LogP contribution in [-0.4, -0.2) is 32.8 Å². The topological polar surface area (TPSA) is 105 Å². The lowest BCUT2D eigenvalue weighted by Crippen LogP contribution is -2.28. The van der Waals surface area contributed by atoms with Crippen LogP contribution in [0.5, 0.6) is 0 Å². The highest BCUT2D eigenvalue weighted by molar-refractivity contribution is 6.31. The van der Waals surface area contributed by atoms with Gasteiger partial charge in [-0.05, 0) is 18.2 Å². The van der Waals surface area contributed by atoms with Crippen LogP contribution in [0.15, 0.2) is 28.7 Å². The molecule has 3 amide bonds. The summed E-state index contributed by atoms with van der Waals surface area (Å²) < 4.78 is 5.23. The van der Waals surface area contributed by atoms with Crippen molar-refractivity contribution in [2.75, 3.05) is 5.32 Å². The van der Waals surface area contributed by atoms with Crippen molar-refractivity contribution in [3.8, 4) is 0 Å². The molecular weight excluding hydrogens is 324 g/mol. The first-order valence-corrected chi connectivity index (χ1v) is 7.13. The molecule has 1 aromatic carbocycles. The average Bonchev–Trinajstić information content (AvgIpc) is 3.09. The first-order valence-electron chi connectivity index (χ1n) is 6.75. The molecule has 9 heteroatoms. The molecule has 0 bridgehead atoms. The largest absolute Gasteiger partial charge is 0.406 e. The second-order valence-electron chi connectivity index (χ2n) is 4.84. The summed E-state index contributed by atoms with van der Waals surface area (Å²) >= 11 is 5.82. The number of nitrogens with one attached hydrogen (secondary N) is 1. The first-order chi connectivity index (χ1) is 11.0. The average molecular weight is 335 g/mol. The number of carbonyl (C=O) groups excluding carboxylic acids is 3. The van der Waals surface area contributed by atoms with E-state index in [9.17, 15) is 14.4 Å². The van der Waals surface area contributed by atoms with Crippen LogP contribution < -0.4 is 5.32 Å². The minimum Gasteiger partial charge on any atom is -0.406 e. The Hall–Kier alpha value is -2.74. The zero-order valence-electron chi connectivity index (χ0n) is 11.8. The van der Waals surface area contributed by atoms with Gasteiger partial charge in [0, 0.05) is 23.4 Å². The SMILES string of the molecule is O=C(Nc1nnc(CN2C(=O)CCC2=O)o1)c1cccc(Cl)c1. The highest BCUT2D eigenvalue weighted by Crippen LogP contribution is 2.17. The quantitative estimate of drug-likeness (QED) is 0.852. The second-order valence-corrected chi connectivity index (χ2v) is 5.28. The molecule has 1 aliphatic rings. The molecule has 1 aromatic heterocycles. The van der Waals surface area contributed by atoms with E-state index in [1.165, 1.54) is 6.07 Å². The van der Waals surface area contributed by atoms with Gasteiger partial charge in [0.2, 0.25) is 17.7 Å². The zero-order chi connectivity index (χ0) is 16.4. The predicted molar refractivity (Wildman–Crippen MR) is 78.5 cm³/mol. The number of imide groups is 1. The molecule has 0 unspecified atom stereocenters. The molecule has 8 nitrogen and oxygen atoms in total. The number of rotatable bonds is 4. The van der Waals surface area contributed by atoms with Gasteiger partial charge in [-0.2, -0.15) is 0 Å². The van der Waals surface area contributed by atoms with Gasteiger partial charge >= 0.3 is 6.01 Å². The predicted octanol–water partition coefficient (Wildman–Crippen LogP) is 1.62. The van der Waals surface area contributed by atoms with E-state index in [0.29, 0.717) is 10.6 Å². The molecule has 3 rings (SSSR count). The monoisotopic (exact) mass is 334 g/mol. The summed E-state index contributed by atoms with van der Waals surface area (Å²) in [4.78, 5) is 36.1. The van der Waals surface area contributed by atoms with E-state index in [1.807, 2.05) is 0 Å². The van der Waals surface area contributed by atoms with Gasteiger partial charge in [0.15, 0.2) is 0 Å². The summed E-state index contributed by atoms with van der Waals surface area (Å²) in [5.41, 5.74) is 0.335. The molecule has 0 spiro atoms. The molecule has 2 aromatic rings. The third kappa shape index (κ3) is 3.37. The van der Waals surface area contributed by atoms with Gasteiger partial charge in [0.25, 0.3) is 5.91 Å². The Morgan fingerprint density at radius 1 is 1.26 bits per heavy atom. The fourth-order valence-electron chi connectivity index (χ4n) is 2.10. The van der Waals surface area contributed by atoms with E-state index in [2.05, 4.69) is 15.5 Å². The number of hydrogen-bond donors (Lipinski definition) is 1. The van der Waals surface area contributed by atoms with E-state index in [4.69, 9.17) is 16.0 Å². The standard InChI is InChI=1S/C14H11ClN4O4/c15-9-3-1-2-8(6-9)13(22)16-14-18-17-10(23-14)7-19-11(20)4-5-12(19)21/h1-3,6H,4-5,7H2,(H,16,18,22). The van der Waals surface area contributed by atoms with Crippen LogP contribution in [0.2, 0.25) is 5.02 Å². The number of likely N-dealkylation sites (tertiary alicyclic amines) is 1. The summed E-state index contributed by atoms with van der Waals surface area (Å²) in [5.74, 6) is -0.957. The van der Waals surface area contributed by atoms with E-state index in [-0.39, 0.29) is 43.1 Å². The molecule has 1 saturated heterocycles. The lowest BCUT2D eigenvalue weighted by atomic mass is 10.2. The van der Waals surface area contributed by atoms with Gasteiger partial charge in [0.05, 0.1) is 0 Å². The number of hydrogen-bond acceptors (Lipinski definition) is 6. The molecule has 23 heavy (non-hydrogen) atoms. The Labute approximate surface area is 135 Å². The van der Waals surface area contributed by atoms with Crippen LogP contribution in [-0.2, 0) is 16.1 Å². The van der Waals surface area contributed by atoms with Crippen molar-refractivity contribution in [3.63, 3.8) is 0 Å². The summed E-state index contributed by atoms with van der Waals surface area (Å²) in [6.07, 6.45) is 0.372. The maximum Gasteiger partial charge on any atom is 0.322 e. The highest BCUT2D eigenvalue weighted by atomic mass is 35.5. The minimum absolute atomic E-state index is 0.0648. The lowest BCUT2D eigenvalue weighted by Gasteiger charge is -2.09. The van der Waals surface area contributed by atoms with Gasteiger partial charge < -0.3 is 4.42 Å². The third-order valence-corrected chi connectivity index (χ3v) is 3.46. The Bertz CT molecular complexity index is 773. The third-order valence-electron chi connectivity index (χ3n) is 3.22. The van der Waals surface area contributed by atoms with Gasteiger partial charge in [-0.25, -0.2) is 0 Å². The molecule has 118 valence electrons. The Morgan fingerprint density at radius 3 is 2.70 bits per heavy atom. The molecule has 2 heterocycles. The second kappa shape index (κ2) is 6.17. The van der Waals surface area contributed by atoms with Crippen molar-refractivity contribution < 1.29 is 18.8 Å². The zero-order valence-corrected chi connectivity index (χ0v) is 12.5. The van der Waals surface area contributed by atoms with E-state index in [1.54, 1.807) is 18.2 Å². The first kappa shape index (κ1) is 15.2. The molecule has 1 fully saturated rings. The van der Waals surface area contributed by atoms with E-state index < -0.39 is 5.91 Å². The smallest absolute Gasteiger partial charge is 0.322 e. The van der Waals surface area contributed by atoms with Crippen LogP contribution >= 0.6 is 11.6 Å². The molecule has 1 aliphatic heterocycles. The molecule has 0 atom stereocenters. The number of carbonyl (C=O) groups is 3. The highest BCUT2D eigenvalue weighted by Gasteiger charge is 2.30. The number of benzene rings is 1. The molecule has 0 radical (unpaired) electrons. The Kier molecular flexibility index (Phi) is 4.07. The lowest BCUT2D eigenvalue weighted by molar-refractivity contribution is -0.139. The number of halogens is 1. The number of aromatic nitrogens is 2. The molecule has 0 saturated carbocycles. The normalized spacial score (nSPS) is 14.4. The fourth-order valence-corrected chi connectivity index (χ4v) is 2.29. The summed E-state index contributed by atoms with van der Waals surface area (Å²) in [5, 5.41) is 10.2. The Balaban J connectivity index is 1.66. The van der Waals surface area contributed by atoms with Crippen LogP contribution in [0.4, 0.5) is 6.01 Å². The van der Waals surface area contributed by atoms with Gasteiger partial charge in [-0.15, -0.1) is 5.10 Å². The summed E-state index contributed by atoms with van der Waals surface area (Å²) in [6.45, 7) is -0.0995. The van der Waals surface area contributed by atoms with Crippen LogP contribution in [0.3, 0.4) is 0 Å².